The van der Waals surface area contributed by atoms with Gasteiger partial charge in [-0.2, -0.15) is 5.10 Å². The minimum Gasteiger partial charge on any atom is -0.506 e. The number of phenols is 1. The molecule has 1 amide bonds. The smallest absolute Gasteiger partial charge is 0.272 e. The van der Waals surface area contributed by atoms with Crippen molar-refractivity contribution in [2.24, 2.45) is 5.10 Å². The van der Waals surface area contributed by atoms with Crippen LogP contribution in [0, 0.1) is 0 Å². The second-order valence-corrected chi connectivity index (χ2v) is 6.10. The third-order valence-electron chi connectivity index (χ3n) is 2.86. The van der Waals surface area contributed by atoms with Gasteiger partial charge in [0.15, 0.2) is 0 Å². The number of hydrogen-bond donors (Lipinski definition) is 2. The van der Waals surface area contributed by atoms with Crippen LogP contribution in [0.5, 0.6) is 5.75 Å². The van der Waals surface area contributed by atoms with E-state index in [9.17, 15) is 9.90 Å². The lowest BCUT2D eigenvalue weighted by Crippen LogP contribution is -2.19. The summed E-state index contributed by atoms with van der Waals surface area (Å²) in [5.74, 6) is -0.512. The highest BCUT2D eigenvalue weighted by Gasteiger charge is 2.12. The Labute approximate surface area is 145 Å². The monoisotopic (exact) mass is 400 g/mol. The molecule has 0 bridgehead atoms. The van der Waals surface area contributed by atoms with Crippen molar-refractivity contribution in [2.75, 3.05) is 0 Å². The molecule has 0 fully saturated rings. The van der Waals surface area contributed by atoms with Crippen LogP contribution in [0.25, 0.3) is 0 Å². The molecule has 0 aliphatic rings. The van der Waals surface area contributed by atoms with Gasteiger partial charge in [0.2, 0.25) is 0 Å². The lowest BCUT2D eigenvalue weighted by atomic mass is 10.1. The molecular weight excluding hydrogens is 391 g/mol. The molecule has 2 aromatic carbocycles. The van der Waals surface area contributed by atoms with Crippen molar-refractivity contribution in [3.05, 3.63) is 62.0 Å². The fraction of sp³-hybridized carbons (Fsp3) is 0.0667. The van der Waals surface area contributed by atoms with E-state index < -0.39 is 0 Å². The minimum atomic E-state index is -0.376. The van der Waals surface area contributed by atoms with Gasteiger partial charge in [-0.25, -0.2) is 5.43 Å². The van der Waals surface area contributed by atoms with Crippen LogP contribution in [-0.4, -0.2) is 16.7 Å². The van der Waals surface area contributed by atoms with E-state index in [1.165, 1.54) is 12.1 Å². The number of amides is 1. The third kappa shape index (κ3) is 3.80. The van der Waals surface area contributed by atoms with E-state index in [1.54, 1.807) is 31.2 Å². The molecule has 22 heavy (non-hydrogen) atoms. The number of carbonyl (C=O) groups is 1. The normalized spacial score (nSPS) is 11.4. The van der Waals surface area contributed by atoms with Gasteiger partial charge in [0.25, 0.3) is 5.91 Å². The fourth-order valence-corrected chi connectivity index (χ4v) is 2.70. The Kier molecular flexibility index (Phi) is 5.45. The second-order valence-electron chi connectivity index (χ2n) is 4.40. The first kappa shape index (κ1) is 16.8. The van der Waals surface area contributed by atoms with E-state index in [0.29, 0.717) is 26.3 Å². The van der Waals surface area contributed by atoms with Gasteiger partial charge in [-0.05, 0) is 47.1 Å². The zero-order valence-electron chi connectivity index (χ0n) is 11.4. The lowest BCUT2D eigenvalue weighted by molar-refractivity contribution is 0.0954. The summed E-state index contributed by atoms with van der Waals surface area (Å²) < 4.78 is 0.661. The Balaban J connectivity index is 2.24. The predicted molar refractivity (Wildman–Crippen MR) is 91.9 cm³/mol. The summed E-state index contributed by atoms with van der Waals surface area (Å²) in [6.07, 6.45) is 0. The zero-order valence-corrected chi connectivity index (χ0v) is 14.5. The first-order valence-corrected chi connectivity index (χ1v) is 7.72. The standard InChI is InChI=1S/C15H11BrCl2N2O2/c1-8(11-6-9(17)7-13(18)14(11)21)19-20-15(22)10-4-2-3-5-12(10)16/h2-7,21H,1H3,(H,20,22). The molecule has 7 heteroatoms. The molecule has 2 N–H and O–H groups in total. The summed E-state index contributed by atoms with van der Waals surface area (Å²) in [4.78, 5) is 12.1. The van der Waals surface area contributed by atoms with Gasteiger partial charge < -0.3 is 5.11 Å². The van der Waals surface area contributed by atoms with Crippen molar-refractivity contribution in [3.8, 4) is 5.75 Å². The van der Waals surface area contributed by atoms with Crippen LogP contribution in [-0.2, 0) is 0 Å². The molecular formula is C15H11BrCl2N2O2. The quantitative estimate of drug-likeness (QED) is 0.582. The summed E-state index contributed by atoms with van der Waals surface area (Å²) >= 11 is 15.1. The lowest BCUT2D eigenvalue weighted by Gasteiger charge is -2.08. The fourth-order valence-electron chi connectivity index (χ4n) is 1.74. The number of nitrogens with one attached hydrogen (secondary N) is 1. The van der Waals surface area contributed by atoms with Crippen LogP contribution >= 0.6 is 39.1 Å². The Hall–Kier alpha value is -1.56. The summed E-state index contributed by atoms with van der Waals surface area (Å²) in [5.41, 5.74) is 3.61. The maximum atomic E-state index is 12.1. The van der Waals surface area contributed by atoms with Crippen LogP contribution < -0.4 is 5.43 Å². The predicted octanol–water partition coefficient (Wildman–Crippen LogP) is 4.62. The molecule has 0 spiro atoms. The molecule has 0 unspecified atom stereocenters. The van der Waals surface area contributed by atoms with Crippen LogP contribution in [0.4, 0.5) is 0 Å². The van der Waals surface area contributed by atoms with Crippen molar-refractivity contribution in [1.29, 1.82) is 0 Å². The molecule has 2 aromatic rings. The average Bonchev–Trinajstić information content (AvgIpc) is 2.48. The van der Waals surface area contributed by atoms with E-state index in [0.717, 1.165) is 0 Å². The van der Waals surface area contributed by atoms with E-state index in [2.05, 4.69) is 26.5 Å². The van der Waals surface area contributed by atoms with Crippen molar-refractivity contribution < 1.29 is 9.90 Å². The molecule has 0 saturated heterocycles. The van der Waals surface area contributed by atoms with Crippen molar-refractivity contribution in [1.82, 2.24) is 5.43 Å². The van der Waals surface area contributed by atoms with Crippen molar-refractivity contribution in [3.63, 3.8) is 0 Å². The summed E-state index contributed by atoms with van der Waals surface area (Å²) in [5, 5.41) is 14.4. The molecule has 0 saturated carbocycles. The van der Waals surface area contributed by atoms with Gasteiger partial charge in [-0.3, -0.25) is 4.79 Å². The van der Waals surface area contributed by atoms with Crippen LogP contribution in [0.2, 0.25) is 10.0 Å². The van der Waals surface area contributed by atoms with Crippen LogP contribution in [0.3, 0.4) is 0 Å². The second kappa shape index (κ2) is 7.13. The number of aromatic hydroxyl groups is 1. The average molecular weight is 402 g/mol. The maximum absolute atomic E-state index is 12.1. The molecule has 0 atom stereocenters. The topological polar surface area (TPSA) is 61.7 Å². The minimum absolute atomic E-state index is 0.120. The van der Waals surface area contributed by atoms with Gasteiger partial charge in [0.05, 0.1) is 16.3 Å². The number of hydrazone groups is 1. The summed E-state index contributed by atoms with van der Waals surface area (Å²) in [6.45, 7) is 1.63. The molecule has 0 radical (unpaired) electrons. The van der Waals surface area contributed by atoms with Gasteiger partial charge in [0, 0.05) is 15.1 Å². The number of benzene rings is 2. The molecule has 0 heterocycles. The van der Waals surface area contributed by atoms with E-state index in [-0.39, 0.29) is 16.7 Å². The number of rotatable bonds is 3. The highest BCUT2D eigenvalue weighted by molar-refractivity contribution is 9.10. The van der Waals surface area contributed by atoms with Gasteiger partial charge in [-0.15, -0.1) is 0 Å². The Morgan fingerprint density at radius 3 is 2.59 bits per heavy atom. The first-order chi connectivity index (χ1) is 10.4. The molecule has 2 rings (SSSR count). The van der Waals surface area contributed by atoms with Gasteiger partial charge in [-0.1, -0.05) is 35.3 Å². The number of halogens is 3. The summed E-state index contributed by atoms with van der Waals surface area (Å²) in [6, 6.07) is 9.92. The number of hydrogen-bond acceptors (Lipinski definition) is 3. The van der Waals surface area contributed by atoms with Crippen molar-refractivity contribution >= 4 is 50.8 Å². The Morgan fingerprint density at radius 1 is 1.23 bits per heavy atom. The maximum Gasteiger partial charge on any atom is 0.272 e. The first-order valence-electron chi connectivity index (χ1n) is 6.17. The SMILES string of the molecule is CC(=NNC(=O)c1ccccc1Br)c1cc(Cl)cc(Cl)c1O. The zero-order chi connectivity index (χ0) is 16.3. The Morgan fingerprint density at radius 2 is 1.91 bits per heavy atom. The highest BCUT2D eigenvalue weighted by Crippen LogP contribution is 2.31. The largest absolute Gasteiger partial charge is 0.506 e. The van der Waals surface area contributed by atoms with E-state index in [1.807, 2.05) is 0 Å². The van der Waals surface area contributed by atoms with Crippen molar-refractivity contribution in [2.45, 2.75) is 6.92 Å². The number of nitrogens with zero attached hydrogens (tertiary/aromatic N) is 1. The molecule has 0 aliphatic heterocycles. The van der Waals surface area contributed by atoms with Gasteiger partial charge >= 0.3 is 0 Å². The summed E-state index contributed by atoms with van der Waals surface area (Å²) in [7, 11) is 0. The molecule has 0 aromatic heterocycles. The highest BCUT2D eigenvalue weighted by atomic mass is 79.9. The Bertz CT molecular complexity index is 763. The van der Waals surface area contributed by atoms with E-state index >= 15 is 0 Å². The third-order valence-corrected chi connectivity index (χ3v) is 4.06. The molecule has 114 valence electrons. The number of carbonyl (C=O) groups excluding carboxylic acids is 1. The van der Waals surface area contributed by atoms with Crippen LogP contribution in [0.15, 0.2) is 46.0 Å². The van der Waals surface area contributed by atoms with Crippen LogP contribution in [0.1, 0.15) is 22.8 Å². The van der Waals surface area contributed by atoms with E-state index in [4.69, 9.17) is 23.2 Å². The molecule has 4 nitrogen and oxygen atoms in total. The molecule has 0 aliphatic carbocycles. The number of phenolic OH excluding ortho intramolecular Hbond substituents is 1. The van der Waals surface area contributed by atoms with Gasteiger partial charge in [0.1, 0.15) is 5.75 Å².